The molecule has 0 amide bonds. The van der Waals surface area contributed by atoms with E-state index in [0.29, 0.717) is 11.8 Å². The summed E-state index contributed by atoms with van der Waals surface area (Å²) in [5, 5.41) is 18.8. The van der Waals surface area contributed by atoms with Gasteiger partial charge >= 0.3 is 12.1 Å². The molecule has 6 nitrogen and oxygen atoms in total. The van der Waals surface area contributed by atoms with Crippen molar-refractivity contribution in [2.24, 2.45) is 0 Å². The molecule has 0 aliphatic carbocycles. The van der Waals surface area contributed by atoms with Gasteiger partial charge in [-0.2, -0.15) is 13.2 Å². The zero-order valence-electron chi connectivity index (χ0n) is 13.5. The Morgan fingerprint density at radius 2 is 1.92 bits per heavy atom. The van der Waals surface area contributed by atoms with E-state index < -0.39 is 12.1 Å². The number of rotatable bonds is 2. The first-order valence-corrected chi connectivity index (χ1v) is 7.68. The predicted octanol–water partition coefficient (Wildman–Crippen LogP) is 3.15. The van der Waals surface area contributed by atoms with Crippen molar-refractivity contribution >= 4 is 5.97 Å². The molecule has 1 aromatic carbocycles. The second-order valence-electron chi connectivity index (χ2n) is 5.64. The lowest BCUT2D eigenvalue weighted by Gasteiger charge is -2.18. The molecule has 2 aromatic rings. The molecular formula is C16H18F3N3O3. The Morgan fingerprint density at radius 1 is 1.28 bits per heavy atom. The molecule has 2 heterocycles. The quantitative estimate of drug-likeness (QED) is 0.858. The van der Waals surface area contributed by atoms with Crippen LogP contribution in [0.3, 0.4) is 0 Å². The summed E-state index contributed by atoms with van der Waals surface area (Å²) in [6.45, 7) is 4.13. The number of nitrogens with one attached hydrogen (secondary N) is 1. The number of carbonyl (C=O) groups is 1. The first-order chi connectivity index (χ1) is 11.8. The lowest BCUT2D eigenvalue weighted by Crippen LogP contribution is -2.26. The zero-order valence-corrected chi connectivity index (χ0v) is 13.5. The lowest BCUT2D eigenvalue weighted by molar-refractivity contribution is -0.192. The molecule has 1 fully saturated rings. The summed E-state index contributed by atoms with van der Waals surface area (Å²) in [4.78, 5) is 8.90. The fourth-order valence-electron chi connectivity index (χ4n) is 2.36. The average molecular weight is 357 g/mol. The number of nitrogens with zero attached hydrogens (tertiary/aromatic N) is 2. The smallest absolute Gasteiger partial charge is 0.475 e. The highest BCUT2D eigenvalue weighted by Crippen LogP contribution is 2.27. The van der Waals surface area contributed by atoms with E-state index in [9.17, 15) is 13.2 Å². The van der Waals surface area contributed by atoms with Crippen molar-refractivity contribution in [3.05, 3.63) is 35.7 Å². The SMILES string of the molecule is Cc1cccc(-c2nnc(C3CCNCC3)o2)c1.O=C(O)C(F)(F)F. The van der Waals surface area contributed by atoms with Crippen molar-refractivity contribution in [3.8, 4) is 11.5 Å². The molecule has 1 aliphatic rings. The van der Waals surface area contributed by atoms with Gasteiger partial charge in [0.05, 0.1) is 0 Å². The molecule has 0 bridgehead atoms. The van der Waals surface area contributed by atoms with E-state index in [1.165, 1.54) is 5.56 Å². The van der Waals surface area contributed by atoms with Crippen LogP contribution >= 0.6 is 0 Å². The number of carboxylic acid groups (broad SMARTS) is 1. The van der Waals surface area contributed by atoms with Crippen LogP contribution in [0.4, 0.5) is 13.2 Å². The monoisotopic (exact) mass is 357 g/mol. The Kier molecular flexibility index (Phi) is 6.13. The molecule has 1 aliphatic heterocycles. The molecule has 9 heteroatoms. The summed E-state index contributed by atoms with van der Waals surface area (Å²) in [7, 11) is 0. The summed E-state index contributed by atoms with van der Waals surface area (Å²) in [5.74, 6) is -0.926. The Balaban J connectivity index is 0.000000277. The van der Waals surface area contributed by atoms with Crippen LogP contribution in [-0.2, 0) is 4.79 Å². The fourth-order valence-corrected chi connectivity index (χ4v) is 2.36. The van der Waals surface area contributed by atoms with Gasteiger partial charge in [-0.1, -0.05) is 17.7 Å². The molecule has 0 radical (unpaired) electrons. The lowest BCUT2D eigenvalue weighted by atomic mass is 9.98. The summed E-state index contributed by atoms with van der Waals surface area (Å²) < 4.78 is 37.6. The summed E-state index contributed by atoms with van der Waals surface area (Å²) in [5.41, 5.74) is 2.21. The molecule has 0 unspecified atom stereocenters. The van der Waals surface area contributed by atoms with Gasteiger partial charge in [-0.15, -0.1) is 10.2 Å². The Hall–Kier alpha value is -2.42. The van der Waals surface area contributed by atoms with Crippen LogP contribution in [0, 0.1) is 6.92 Å². The maximum absolute atomic E-state index is 10.6. The van der Waals surface area contributed by atoms with E-state index in [1.54, 1.807) is 0 Å². The van der Waals surface area contributed by atoms with Crippen LogP contribution < -0.4 is 5.32 Å². The van der Waals surface area contributed by atoms with Crippen LogP contribution in [0.15, 0.2) is 28.7 Å². The number of aryl methyl sites for hydroxylation is 1. The van der Waals surface area contributed by atoms with Gasteiger partial charge in [0.25, 0.3) is 0 Å². The molecule has 1 saturated heterocycles. The predicted molar refractivity (Wildman–Crippen MR) is 83.0 cm³/mol. The van der Waals surface area contributed by atoms with Gasteiger partial charge in [0, 0.05) is 11.5 Å². The number of alkyl halides is 3. The molecule has 0 spiro atoms. The van der Waals surface area contributed by atoms with Gasteiger partial charge in [-0.05, 0) is 45.0 Å². The third kappa shape index (κ3) is 5.56. The molecule has 1 aromatic heterocycles. The van der Waals surface area contributed by atoms with Crippen LogP contribution in [0.1, 0.15) is 30.2 Å². The second-order valence-corrected chi connectivity index (χ2v) is 5.64. The number of aromatic nitrogens is 2. The van der Waals surface area contributed by atoms with Crippen molar-refractivity contribution in [3.63, 3.8) is 0 Å². The van der Waals surface area contributed by atoms with Crippen molar-refractivity contribution in [1.29, 1.82) is 0 Å². The maximum atomic E-state index is 10.6. The number of hydrogen-bond donors (Lipinski definition) is 2. The Morgan fingerprint density at radius 3 is 2.48 bits per heavy atom. The third-order valence-electron chi connectivity index (χ3n) is 3.64. The third-order valence-corrected chi connectivity index (χ3v) is 3.64. The zero-order chi connectivity index (χ0) is 18.4. The standard InChI is InChI=1S/C14H17N3O.C2HF3O2/c1-10-3-2-4-12(9-10)14-17-16-13(18-14)11-5-7-15-8-6-11;3-2(4,5)1(6)7/h2-4,9,11,15H,5-8H2,1H3;(H,6,7). The van der Waals surface area contributed by atoms with Gasteiger partial charge in [0.15, 0.2) is 0 Å². The van der Waals surface area contributed by atoms with E-state index in [0.717, 1.165) is 37.4 Å². The van der Waals surface area contributed by atoms with Crippen molar-refractivity contribution in [1.82, 2.24) is 15.5 Å². The van der Waals surface area contributed by atoms with Crippen molar-refractivity contribution in [2.45, 2.75) is 31.9 Å². The molecule has 0 atom stereocenters. The minimum Gasteiger partial charge on any atom is -0.475 e. The molecule has 25 heavy (non-hydrogen) atoms. The number of carboxylic acids is 1. The van der Waals surface area contributed by atoms with Crippen LogP contribution in [0.25, 0.3) is 11.5 Å². The van der Waals surface area contributed by atoms with E-state index in [-0.39, 0.29) is 0 Å². The van der Waals surface area contributed by atoms with E-state index >= 15 is 0 Å². The normalized spacial score (nSPS) is 15.4. The van der Waals surface area contributed by atoms with Crippen molar-refractivity contribution < 1.29 is 27.5 Å². The van der Waals surface area contributed by atoms with Crippen LogP contribution in [0.5, 0.6) is 0 Å². The number of aliphatic carboxylic acids is 1. The highest BCUT2D eigenvalue weighted by atomic mass is 19.4. The van der Waals surface area contributed by atoms with Gasteiger partial charge in [-0.3, -0.25) is 0 Å². The first kappa shape index (κ1) is 18.9. The first-order valence-electron chi connectivity index (χ1n) is 7.68. The molecule has 2 N–H and O–H groups in total. The molecule has 3 rings (SSSR count). The number of hydrogen-bond acceptors (Lipinski definition) is 5. The molecule has 136 valence electrons. The van der Waals surface area contributed by atoms with Crippen LogP contribution in [-0.4, -0.2) is 40.5 Å². The second kappa shape index (κ2) is 8.11. The maximum Gasteiger partial charge on any atom is 0.490 e. The van der Waals surface area contributed by atoms with Gasteiger partial charge in [0.1, 0.15) is 0 Å². The highest BCUT2D eigenvalue weighted by Gasteiger charge is 2.38. The fraction of sp³-hybridized carbons (Fsp3) is 0.438. The van der Waals surface area contributed by atoms with Gasteiger partial charge in [-0.25, -0.2) is 4.79 Å². The molecular weight excluding hydrogens is 339 g/mol. The minimum absolute atomic E-state index is 0.414. The summed E-state index contributed by atoms with van der Waals surface area (Å²) >= 11 is 0. The highest BCUT2D eigenvalue weighted by molar-refractivity contribution is 5.73. The van der Waals surface area contributed by atoms with Gasteiger partial charge < -0.3 is 14.8 Å². The molecule has 0 saturated carbocycles. The van der Waals surface area contributed by atoms with Crippen LogP contribution in [0.2, 0.25) is 0 Å². The average Bonchev–Trinajstić information content (AvgIpc) is 3.05. The summed E-state index contributed by atoms with van der Waals surface area (Å²) in [6, 6.07) is 8.15. The summed E-state index contributed by atoms with van der Waals surface area (Å²) in [6.07, 6.45) is -2.93. The van der Waals surface area contributed by atoms with Gasteiger partial charge in [0.2, 0.25) is 11.8 Å². The number of piperidine rings is 1. The van der Waals surface area contributed by atoms with E-state index in [2.05, 4.69) is 34.6 Å². The minimum atomic E-state index is -5.08. The van der Waals surface area contributed by atoms with E-state index in [1.807, 2.05) is 12.1 Å². The topological polar surface area (TPSA) is 88.3 Å². The Bertz CT molecular complexity index is 710. The number of halogens is 3. The van der Waals surface area contributed by atoms with E-state index in [4.69, 9.17) is 14.3 Å². The number of benzene rings is 1. The Labute approximate surface area is 142 Å². The van der Waals surface area contributed by atoms with Crippen molar-refractivity contribution in [2.75, 3.05) is 13.1 Å². The largest absolute Gasteiger partial charge is 0.490 e.